The van der Waals surface area contributed by atoms with Gasteiger partial charge >= 0.3 is 5.97 Å². The highest BCUT2D eigenvalue weighted by Gasteiger charge is 2.43. The summed E-state index contributed by atoms with van der Waals surface area (Å²) < 4.78 is 10.3. The maximum Gasteiger partial charge on any atom is 0.330 e. The largest absolute Gasteiger partial charge is 0.457 e. The lowest BCUT2D eigenvalue weighted by Gasteiger charge is -2.09. The normalized spacial score (nSPS) is 43.7. The van der Waals surface area contributed by atoms with Gasteiger partial charge in [0.05, 0.1) is 6.10 Å². The second-order valence-corrected chi connectivity index (χ2v) is 3.44. The number of aliphatic hydroxyl groups excluding tert-OH is 1. The summed E-state index contributed by atoms with van der Waals surface area (Å²) >= 11 is 0. The molecule has 4 atom stereocenters. The molecule has 1 N–H and O–H groups in total. The van der Waals surface area contributed by atoms with Gasteiger partial charge in [-0.05, 0) is 13.0 Å². The Bertz CT molecular complexity index is 294. The van der Waals surface area contributed by atoms with Gasteiger partial charge < -0.3 is 14.6 Å². The molecule has 0 aliphatic carbocycles. The molecule has 2 aliphatic rings. The van der Waals surface area contributed by atoms with Crippen molar-refractivity contribution in [3.05, 3.63) is 24.3 Å². The van der Waals surface area contributed by atoms with Crippen LogP contribution < -0.4 is 0 Å². The Morgan fingerprint density at radius 3 is 2.93 bits per heavy atom. The fourth-order valence-electron chi connectivity index (χ4n) is 1.42. The maximum atomic E-state index is 11.1. The van der Waals surface area contributed by atoms with Crippen molar-refractivity contribution in [3.8, 4) is 0 Å². The number of carbonyl (C=O) groups excluding carboxylic acids is 1. The summed E-state index contributed by atoms with van der Waals surface area (Å²) in [4.78, 5) is 11.1. The number of epoxide rings is 1. The van der Waals surface area contributed by atoms with Crippen LogP contribution in [0.15, 0.2) is 24.3 Å². The van der Waals surface area contributed by atoms with E-state index in [1.807, 2.05) is 0 Å². The smallest absolute Gasteiger partial charge is 0.330 e. The minimum atomic E-state index is -0.749. The van der Waals surface area contributed by atoms with Gasteiger partial charge in [0.25, 0.3) is 0 Å². The van der Waals surface area contributed by atoms with Gasteiger partial charge in [-0.25, -0.2) is 4.79 Å². The number of hydrogen-bond donors (Lipinski definition) is 1. The molecule has 2 aliphatic heterocycles. The molecule has 76 valence electrons. The van der Waals surface area contributed by atoms with Gasteiger partial charge in [0.2, 0.25) is 0 Å². The average Bonchev–Trinajstić information content (AvgIpc) is 2.89. The molecule has 0 saturated carbocycles. The summed E-state index contributed by atoms with van der Waals surface area (Å²) in [5.74, 6) is -0.443. The molecule has 14 heavy (non-hydrogen) atoms. The zero-order chi connectivity index (χ0) is 10.1. The van der Waals surface area contributed by atoms with E-state index < -0.39 is 12.1 Å². The number of aliphatic hydroxyl groups is 1. The van der Waals surface area contributed by atoms with Crippen LogP contribution in [0.1, 0.15) is 6.92 Å². The van der Waals surface area contributed by atoms with E-state index in [1.54, 1.807) is 19.1 Å². The van der Waals surface area contributed by atoms with E-state index in [0.717, 1.165) is 0 Å². The van der Waals surface area contributed by atoms with Crippen LogP contribution >= 0.6 is 0 Å². The molecular weight excluding hydrogens is 184 g/mol. The first-order valence-electron chi connectivity index (χ1n) is 4.57. The van der Waals surface area contributed by atoms with Gasteiger partial charge in [-0.15, -0.1) is 0 Å². The summed E-state index contributed by atoms with van der Waals surface area (Å²) in [5.41, 5.74) is 0. The molecule has 1 saturated heterocycles. The van der Waals surface area contributed by atoms with Crippen molar-refractivity contribution >= 4 is 5.97 Å². The first-order chi connectivity index (χ1) is 6.66. The molecule has 0 spiro atoms. The van der Waals surface area contributed by atoms with Crippen LogP contribution in [0.2, 0.25) is 0 Å². The maximum absolute atomic E-state index is 11.1. The molecular formula is C10H12O4. The van der Waals surface area contributed by atoms with Gasteiger partial charge in [-0.2, -0.15) is 0 Å². The van der Waals surface area contributed by atoms with Crippen molar-refractivity contribution in [1.29, 1.82) is 0 Å². The molecule has 4 nitrogen and oxygen atoms in total. The highest BCUT2D eigenvalue weighted by atomic mass is 16.6. The molecule has 0 amide bonds. The summed E-state index contributed by atoms with van der Waals surface area (Å²) in [7, 11) is 0. The third-order valence-corrected chi connectivity index (χ3v) is 2.25. The predicted octanol–water partition coefficient (Wildman–Crippen LogP) is 0.172. The summed E-state index contributed by atoms with van der Waals surface area (Å²) in [6.45, 7) is 1.79. The van der Waals surface area contributed by atoms with Crippen molar-refractivity contribution in [1.82, 2.24) is 0 Å². The van der Waals surface area contributed by atoms with Crippen molar-refractivity contribution in [2.45, 2.75) is 31.3 Å². The molecule has 0 bridgehead atoms. The average molecular weight is 196 g/mol. The minimum absolute atomic E-state index is 0.0288. The van der Waals surface area contributed by atoms with E-state index in [-0.39, 0.29) is 18.3 Å². The molecule has 0 aromatic carbocycles. The van der Waals surface area contributed by atoms with Crippen molar-refractivity contribution in [2.75, 3.05) is 0 Å². The fourth-order valence-corrected chi connectivity index (χ4v) is 1.42. The Morgan fingerprint density at radius 2 is 2.14 bits per heavy atom. The lowest BCUT2D eigenvalue weighted by atomic mass is 10.2. The summed E-state index contributed by atoms with van der Waals surface area (Å²) in [6, 6.07) is 0. The number of ether oxygens (including phenoxy) is 2. The van der Waals surface area contributed by atoms with Gasteiger partial charge in [0.1, 0.15) is 18.3 Å². The Morgan fingerprint density at radius 1 is 1.36 bits per heavy atom. The SMILES string of the molecule is C[C@@H]1OC(=O)C=C[C@@H](O)/C=C\[C@@H]2O[C@H]12. The Kier molecular flexibility index (Phi) is 2.39. The summed E-state index contributed by atoms with van der Waals surface area (Å²) in [6.07, 6.45) is 4.93. The van der Waals surface area contributed by atoms with Crippen molar-refractivity contribution in [2.24, 2.45) is 0 Å². The zero-order valence-electron chi connectivity index (χ0n) is 7.79. The van der Waals surface area contributed by atoms with Crippen LogP contribution in [-0.4, -0.2) is 35.5 Å². The fraction of sp³-hybridized carbons (Fsp3) is 0.500. The zero-order valence-corrected chi connectivity index (χ0v) is 7.79. The standard InChI is InChI=1S/C10H12O4/c1-6-10-8(14-10)4-2-7(11)3-5-9(12)13-6/h2-8,10-11H,1H3/b4-2-,5-3?/t6-,7-,8-,10+/m0/s1. The first-order valence-corrected chi connectivity index (χ1v) is 4.57. The Balaban J connectivity index is 2.11. The van der Waals surface area contributed by atoms with Crippen LogP contribution in [0.4, 0.5) is 0 Å². The quantitative estimate of drug-likeness (QED) is 0.341. The van der Waals surface area contributed by atoms with Gasteiger partial charge in [-0.1, -0.05) is 12.2 Å². The first kappa shape index (κ1) is 9.43. The van der Waals surface area contributed by atoms with E-state index in [4.69, 9.17) is 9.47 Å². The topological polar surface area (TPSA) is 59.1 Å². The van der Waals surface area contributed by atoms with E-state index in [2.05, 4.69) is 0 Å². The predicted molar refractivity (Wildman–Crippen MR) is 48.5 cm³/mol. The van der Waals surface area contributed by atoms with Crippen LogP contribution in [0.5, 0.6) is 0 Å². The number of hydrogen-bond acceptors (Lipinski definition) is 4. The molecule has 2 heterocycles. The molecule has 0 aromatic rings. The number of esters is 1. The molecule has 0 radical (unpaired) electrons. The Labute approximate surface area is 81.8 Å². The second kappa shape index (κ2) is 3.55. The Hall–Kier alpha value is -1.13. The summed E-state index contributed by atoms with van der Waals surface area (Å²) in [5, 5.41) is 9.31. The molecule has 0 unspecified atom stereocenters. The van der Waals surface area contributed by atoms with Crippen LogP contribution in [0.3, 0.4) is 0 Å². The van der Waals surface area contributed by atoms with Crippen LogP contribution in [-0.2, 0) is 14.3 Å². The molecule has 1 fully saturated rings. The van der Waals surface area contributed by atoms with Crippen molar-refractivity contribution in [3.63, 3.8) is 0 Å². The van der Waals surface area contributed by atoms with E-state index in [0.29, 0.717) is 0 Å². The lowest BCUT2D eigenvalue weighted by Crippen LogP contribution is -2.21. The third kappa shape index (κ3) is 2.02. The number of cyclic esters (lactones) is 1. The van der Waals surface area contributed by atoms with E-state index in [9.17, 15) is 9.90 Å². The number of carbonyl (C=O) groups is 1. The second-order valence-electron chi connectivity index (χ2n) is 3.44. The molecule has 2 rings (SSSR count). The minimum Gasteiger partial charge on any atom is -0.457 e. The van der Waals surface area contributed by atoms with E-state index >= 15 is 0 Å². The van der Waals surface area contributed by atoms with Gasteiger partial charge in [0, 0.05) is 6.08 Å². The van der Waals surface area contributed by atoms with Crippen LogP contribution in [0, 0.1) is 0 Å². The third-order valence-electron chi connectivity index (χ3n) is 2.25. The van der Waals surface area contributed by atoms with E-state index in [1.165, 1.54) is 12.2 Å². The van der Waals surface area contributed by atoms with Crippen molar-refractivity contribution < 1.29 is 19.4 Å². The lowest BCUT2D eigenvalue weighted by molar-refractivity contribution is -0.143. The van der Waals surface area contributed by atoms with Gasteiger partial charge in [0.15, 0.2) is 0 Å². The van der Waals surface area contributed by atoms with Gasteiger partial charge in [-0.3, -0.25) is 0 Å². The number of rotatable bonds is 0. The highest BCUT2D eigenvalue weighted by molar-refractivity contribution is 5.82. The monoisotopic (exact) mass is 196 g/mol. The molecule has 0 aromatic heterocycles. The highest BCUT2D eigenvalue weighted by Crippen LogP contribution is 2.28. The number of fused-ring (bicyclic) bond motifs is 1. The molecule has 4 heteroatoms. The van der Waals surface area contributed by atoms with Crippen LogP contribution in [0.25, 0.3) is 0 Å².